The molecule has 3 heterocycles. The summed E-state index contributed by atoms with van der Waals surface area (Å²) >= 11 is 1.59. The molecule has 0 radical (unpaired) electrons. The smallest absolute Gasteiger partial charge is 0.293 e. The number of thiophene rings is 1. The molecule has 0 atom stereocenters. The second kappa shape index (κ2) is 9.36. The first-order valence-electron chi connectivity index (χ1n) is 10.8. The largest absolute Gasteiger partial charge is 0.493 e. The van der Waals surface area contributed by atoms with Gasteiger partial charge in [-0.2, -0.15) is 0 Å². The van der Waals surface area contributed by atoms with E-state index in [1.165, 1.54) is 0 Å². The lowest BCUT2D eigenvalue weighted by molar-refractivity contribution is 0.0649. The van der Waals surface area contributed by atoms with Crippen LogP contribution in [0, 0.1) is 5.92 Å². The van der Waals surface area contributed by atoms with E-state index in [0.717, 1.165) is 29.2 Å². The fourth-order valence-electron chi connectivity index (χ4n) is 3.89. The van der Waals surface area contributed by atoms with Crippen LogP contribution in [0.3, 0.4) is 0 Å². The number of carbonyl (C=O) groups excluding carboxylic acids is 1. The molecule has 0 saturated carbocycles. The predicted molar refractivity (Wildman–Crippen MR) is 125 cm³/mol. The van der Waals surface area contributed by atoms with E-state index in [1.54, 1.807) is 16.0 Å². The van der Waals surface area contributed by atoms with Crippen LogP contribution < -0.4 is 4.74 Å². The molecular formula is C25H24N4O2S. The fourth-order valence-corrected chi connectivity index (χ4v) is 4.59. The Labute approximate surface area is 191 Å². The molecule has 1 amide bonds. The van der Waals surface area contributed by atoms with E-state index in [9.17, 15) is 4.79 Å². The lowest BCUT2D eigenvalue weighted by atomic mass is 9.98. The van der Waals surface area contributed by atoms with Gasteiger partial charge in [-0.05, 0) is 54.5 Å². The number of hydrogen-bond acceptors (Lipinski definition) is 5. The minimum Gasteiger partial charge on any atom is -0.493 e. The van der Waals surface area contributed by atoms with Crippen molar-refractivity contribution < 1.29 is 9.53 Å². The van der Waals surface area contributed by atoms with Crippen LogP contribution in [0.2, 0.25) is 0 Å². The number of piperidine rings is 1. The zero-order chi connectivity index (χ0) is 21.8. The molecule has 0 N–H and O–H groups in total. The first kappa shape index (κ1) is 20.5. The van der Waals surface area contributed by atoms with Gasteiger partial charge in [0.1, 0.15) is 5.75 Å². The number of ether oxygens (including phenoxy) is 1. The van der Waals surface area contributed by atoms with Crippen molar-refractivity contribution in [3.8, 4) is 22.1 Å². The molecule has 5 rings (SSSR count). The first-order chi connectivity index (χ1) is 15.8. The average Bonchev–Trinajstić information content (AvgIpc) is 3.54. The van der Waals surface area contributed by atoms with Gasteiger partial charge in [-0.25, -0.2) is 9.67 Å². The third kappa shape index (κ3) is 4.43. The van der Waals surface area contributed by atoms with Gasteiger partial charge in [-0.15, -0.1) is 16.4 Å². The highest BCUT2D eigenvalue weighted by atomic mass is 32.1. The minimum absolute atomic E-state index is 0.111. The number of hydrogen-bond donors (Lipinski definition) is 0. The number of amides is 1. The number of aromatic nitrogens is 3. The summed E-state index contributed by atoms with van der Waals surface area (Å²) < 4.78 is 7.67. The van der Waals surface area contributed by atoms with E-state index < -0.39 is 0 Å². The highest BCUT2D eigenvalue weighted by molar-refractivity contribution is 7.13. The third-order valence-electron chi connectivity index (χ3n) is 5.67. The van der Waals surface area contributed by atoms with Crippen molar-refractivity contribution in [2.75, 3.05) is 19.7 Å². The Morgan fingerprint density at radius 3 is 2.38 bits per heavy atom. The fraction of sp³-hybridized carbons (Fsp3) is 0.240. The van der Waals surface area contributed by atoms with E-state index in [-0.39, 0.29) is 11.7 Å². The predicted octanol–water partition coefficient (Wildman–Crippen LogP) is 4.93. The second-order valence-corrected chi connectivity index (χ2v) is 8.79. The summed E-state index contributed by atoms with van der Waals surface area (Å²) in [6, 6.07) is 23.7. The molecule has 7 heteroatoms. The average molecular weight is 445 g/mol. The Bertz CT molecular complexity index is 1150. The summed E-state index contributed by atoms with van der Waals surface area (Å²) in [4.78, 5) is 20.7. The standard InChI is InChI=1S/C25H24N4O2S/c30-25(28-15-13-19(14-16-28)18-31-21-10-5-2-6-11-21)23-26-24(22-12-7-17-32-22)29(27-23)20-8-3-1-4-9-20/h1-12,17,19H,13-16,18H2. The van der Waals surface area contributed by atoms with Crippen molar-refractivity contribution in [2.24, 2.45) is 5.92 Å². The molecule has 162 valence electrons. The second-order valence-electron chi connectivity index (χ2n) is 7.84. The highest BCUT2D eigenvalue weighted by Crippen LogP contribution is 2.26. The van der Waals surface area contributed by atoms with Gasteiger partial charge in [0.05, 0.1) is 17.2 Å². The zero-order valence-electron chi connectivity index (χ0n) is 17.6. The number of nitrogens with zero attached hydrogens (tertiary/aromatic N) is 4. The van der Waals surface area contributed by atoms with Crippen LogP contribution in [0.4, 0.5) is 0 Å². The molecule has 0 spiro atoms. The van der Waals surface area contributed by atoms with Gasteiger partial charge in [0.25, 0.3) is 5.91 Å². The maximum atomic E-state index is 13.2. The number of likely N-dealkylation sites (tertiary alicyclic amines) is 1. The summed E-state index contributed by atoms with van der Waals surface area (Å²) in [6.45, 7) is 2.06. The molecule has 4 aromatic rings. The molecule has 0 bridgehead atoms. The van der Waals surface area contributed by atoms with Crippen LogP contribution in [0.5, 0.6) is 5.75 Å². The molecule has 32 heavy (non-hydrogen) atoms. The van der Waals surface area contributed by atoms with Gasteiger partial charge < -0.3 is 9.64 Å². The molecule has 0 unspecified atom stereocenters. The molecule has 0 aliphatic carbocycles. The van der Waals surface area contributed by atoms with Crippen molar-refractivity contribution in [3.05, 3.63) is 84.0 Å². The minimum atomic E-state index is -0.111. The molecule has 2 aromatic heterocycles. The Balaban J connectivity index is 1.28. The molecular weight excluding hydrogens is 420 g/mol. The van der Waals surface area contributed by atoms with E-state index in [1.807, 2.05) is 83.1 Å². The molecule has 1 saturated heterocycles. The van der Waals surface area contributed by atoms with Gasteiger partial charge in [0.2, 0.25) is 5.82 Å². The quantitative estimate of drug-likeness (QED) is 0.423. The first-order valence-corrected chi connectivity index (χ1v) is 11.7. The topological polar surface area (TPSA) is 60.2 Å². The van der Waals surface area contributed by atoms with E-state index in [4.69, 9.17) is 4.74 Å². The van der Waals surface area contributed by atoms with Gasteiger partial charge in [-0.1, -0.05) is 42.5 Å². The Kier molecular flexibility index (Phi) is 5.98. The number of carbonyl (C=O) groups is 1. The highest BCUT2D eigenvalue weighted by Gasteiger charge is 2.28. The molecule has 6 nitrogen and oxygen atoms in total. The van der Waals surface area contributed by atoms with Crippen molar-refractivity contribution in [2.45, 2.75) is 12.8 Å². The maximum Gasteiger partial charge on any atom is 0.293 e. The number of benzene rings is 2. The van der Waals surface area contributed by atoms with Crippen molar-refractivity contribution in [1.82, 2.24) is 19.7 Å². The van der Waals surface area contributed by atoms with E-state index in [0.29, 0.717) is 31.4 Å². The van der Waals surface area contributed by atoms with E-state index >= 15 is 0 Å². The van der Waals surface area contributed by atoms with Crippen LogP contribution in [0.1, 0.15) is 23.5 Å². The van der Waals surface area contributed by atoms with Crippen molar-refractivity contribution in [1.29, 1.82) is 0 Å². The SMILES string of the molecule is O=C(c1nc(-c2cccs2)n(-c2ccccc2)n1)N1CCC(COc2ccccc2)CC1. The van der Waals surface area contributed by atoms with Gasteiger partial charge in [-0.3, -0.25) is 4.79 Å². The van der Waals surface area contributed by atoms with Crippen LogP contribution >= 0.6 is 11.3 Å². The zero-order valence-corrected chi connectivity index (χ0v) is 18.4. The maximum absolute atomic E-state index is 13.2. The Morgan fingerprint density at radius 2 is 1.69 bits per heavy atom. The lowest BCUT2D eigenvalue weighted by Crippen LogP contribution is -2.40. The van der Waals surface area contributed by atoms with Crippen LogP contribution in [0.25, 0.3) is 16.4 Å². The summed E-state index contributed by atoms with van der Waals surface area (Å²) in [5.41, 5.74) is 0.888. The molecule has 1 fully saturated rings. The Morgan fingerprint density at radius 1 is 0.969 bits per heavy atom. The summed E-state index contributed by atoms with van der Waals surface area (Å²) in [5, 5.41) is 6.61. The van der Waals surface area contributed by atoms with Crippen LogP contribution in [0.15, 0.2) is 78.2 Å². The summed E-state index contributed by atoms with van der Waals surface area (Å²) in [5.74, 6) is 2.16. The normalized spacial score (nSPS) is 14.4. The molecule has 1 aliphatic heterocycles. The van der Waals surface area contributed by atoms with Crippen molar-refractivity contribution in [3.63, 3.8) is 0 Å². The van der Waals surface area contributed by atoms with Gasteiger partial charge in [0, 0.05) is 13.1 Å². The lowest BCUT2D eigenvalue weighted by Gasteiger charge is -2.31. The van der Waals surface area contributed by atoms with Crippen LogP contribution in [-0.4, -0.2) is 45.3 Å². The van der Waals surface area contributed by atoms with Crippen LogP contribution in [-0.2, 0) is 0 Å². The monoisotopic (exact) mass is 444 g/mol. The van der Waals surface area contributed by atoms with E-state index in [2.05, 4.69) is 10.1 Å². The van der Waals surface area contributed by atoms with Gasteiger partial charge in [0.15, 0.2) is 5.82 Å². The summed E-state index contributed by atoms with van der Waals surface area (Å²) in [7, 11) is 0. The number of para-hydroxylation sites is 2. The van der Waals surface area contributed by atoms with Crippen molar-refractivity contribution >= 4 is 17.2 Å². The molecule has 1 aliphatic rings. The third-order valence-corrected chi connectivity index (χ3v) is 6.54. The summed E-state index contributed by atoms with van der Waals surface area (Å²) in [6.07, 6.45) is 1.82. The number of rotatable bonds is 6. The Hall–Kier alpha value is -3.45. The molecule has 2 aromatic carbocycles. The van der Waals surface area contributed by atoms with Gasteiger partial charge >= 0.3 is 0 Å².